The van der Waals surface area contributed by atoms with Gasteiger partial charge in [-0.3, -0.25) is 9.69 Å². The van der Waals surface area contributed by atoms with E-state index in [1.165, 1.54) is 8.83 Å². The monoisotopic (exact) mass is 262 g/mol. The molecule has 5 nitrogen and oxygen atoms in total. The molecule has 2 fully saturated rings. The summed E-state index contributed by atoms with van der Waals surface area (Å²) in [4.78, 5) is 24.6. The van der Waals surface area contributed by atoms with Gasteiger partial charge in [-0.05, 0) is 13.8 Å². The molecule has 0 N–H and O–H groups in total. The smallest absolute Gasteiger partial charge is 0.337 e. The van der Waals surface area contributed by atoms with Gasteiger partial charge in [-0.1, -0.05) is 0 Å². The molecule has 0 bridgehead atoms. The molecule has 0 aromatic carbocycles. The number of urea groups is 1. The second kappa shape index (κ2) is 2.93. The lowest BCUT2D eigenvalue weighted by molar-refractivity contribution is -0.131. The van der Waals surface area contributed by atoms with Crippen molar-refractivity contribution >= 4 is 28.1 Å². The molecule has 2 aliphatic rings. The highest BCUT2D eigenvalue weighted by Gasteiger charge is 2.51. The molecule has 78 valence electrons. The molecule has 0 aromatic rings. The SMILES string of the molecule is CC1(C)C(=O)N(CC2CO2)C(=O)N1Br. The van der Waals surface area contributed by atoms with E-state index in [9.17, 15) is 9.59 Å². The number of epoxide rings is 1. The highest BCUT2D eigenvalue weighted by atomic mass is 79.9. The summed E-state index contributed by atoms with van der Waals surface area (Å²) in [5.41, 5.74) is -0.800. The number of hydrogen-bond acceptors (Lipinski definition) is 3. The summed E-state index contributed by atoms with van der Waals surface area (Å²) in [6, 6.07) is -0.310. The van der Waals surface area contributed by atoms with Gasteiger partial charge >= 0.3 is 6.03 Å². The lowest BCUT2D eigenvalue weighted by Crippen LogP contribution is -2.39. The molecule has 2 aliphatic heterocycles. The van der Waals surface area contributed by atoms with Crippen molar-refractivity contribution in [2.45, 2.75) is 25.5 Å². The zero-order valence-electron chi connectivity index (χ0n) is 7.99. The minimum absolute atomic E-state index is 0.0395. The topological polar surface area (TPSA) is 53.2 Å². The van der Waals surface area contributed by atoms with E-state index in [0.29, 0.717) is 13.2 Å². The average Bonchev–Trinajstić information content (AvgIpc) is 2.91. The van der Waals surface area contributed by atoms with E-state index in [1.54, 1.807) is 13.8 Å². The van der Waals surface area contributed by atoms with Crippen molar-refractivity contribution in [2.75, 3.05) is 13.2 Å². The van der Waals surface area contributed by atoms with Crippen LogP contribution in [-0.4, -0.2) is 45.6 Å². The van der Waals surface area contributed by atoms with Crippen LogP contribution < -0.4 is 0 Å². The zero-order valence-corrected chi connectivity index (χ0v) is 9.57. The van der Waals surface area contributed by atoms with Crippen LogP contribution in [-0.2, 0) is 9.53 Å². The highest BCUT2D eigenvalue weighted by Crippen LogP contribution is 2.31. The van der Waals surface area contributed by atoms with Crippen LogP contribution in [0.25, 0.3) is 0 Å². The maximum atomic E-state index is 11.8. The third-order valence-electron chi connectivity index (χ3n) is 2.45. The maximum absolute atomic E-state index is 11.8. The van der Waals surface area contributed by atoms with E-state index in [0.717, 1.165) is 0 Å². The molecular weight excluding hydrogens is 252 g/mol. The molecule has 0 radical (unpaired) electrons. The minimum atomic E-state index is -0.800. The predicted molar refractivity (Wildman–Crippen MR) is 51.7 cm³/mol. The Morgan fingerprint density at radius 2 is 2.14 bits per heavy atom. The number of ether oxygens (including phenoxy) is 1. The number of halogens is 1. The van der Waals surface area contributed by atoms with E-state index in [-0.39, 0.29) is 18.0 Å². The van der Waals surface area contributed by atoms with E-state index in [2.05, 4.69) is 16.1 Å². The number of rotatable bonds is 2. The molecule has 1 atom stereocenters. The van der Waals surface area contributed by atoms with Crippen LogP contribution in [0.3, 0.4) is 0 Å². The molecule has 2 saturated heterocycles. The van der Waals surface area contributed by atoms with E-state index in [4.69, 9.17) is 4.74 Å². The Kier molecular flexibility index (Phi) is 2.08. The van der Waals surface area contributed by atoms with E-state index in [1.807, 2.05) is 0 Å². The molecule has 0 saturated carbocycles. The van der Waals surface area contributed by atoms with Gasteiger partial charge in [-0.2, -0.15) is 0 Å². The Hall–Kier alpha value is -0.620. The third kappa shape index (κ3) is 1.33. The number of imide groups is 1. The molecule has 3 amide bonds. The largest absolute Gasteiger partial charge is 0.371 e. The summed E-state index contributed by atoms with van der Waals surface area (Å²) < 4.78 is 6.27. The van der Waals surface area contributed by atoms with Crippen LogP contribution in [0.15, 0.2) is 0 Å². The summed E-state index contributed by atoms with van der Waals surface area (Å²) in [5.74, 6) is -0.185. The summed E-state index contributed by atoms with van der Waals surface area (Å²) in [7, 11) is 0. The van der Waals surface area contributed by atoms with E-state index < -0.39 is 5.54 Å². The summed E-state index contributed by atoms with van der Waals surface area (Å²) in [6.07, 6.45) is 0.0395. The van der Waals surface area contributed by atoms with Crippen molar-refractivity contribution in [2.24, 2.45) is 0 Å². The van der Waals surface area contributed by atoms with Crippen LogP contribution in [0.1, 0.15) is 13.8 Å². The van der Waals surface area contributed by atoms with Crippen molar-refractivity contribution in [3.63, 3.8) is 0 Å². The van der Waals surface area contributed by atoms with Crippen LogP contribution >= 0.6 is 16.1 Å². The van der Waals surface area contributed by atoms with Gasteiger partial charge < -0.3 is 4.74 Å². The van der Waals surface area contributed by atoms with E-state index >= 15 is 0 Å². The fourth-order valence-corrected chi connectivity index (χ4v) is 1.73. The zero-order chi connectivity index (χ0) is 10.5. The van der Waals surface area contributed by atoms with Crippen molar-refractivity contribution < 1.29 is 14.3 Å². The molecule has 14 heavy (non-hydrogen) atoms. The molecule has 6 heteroatoms. The highest BCUT2D eigenvalue weighted by molar-refractivity contribution is 9.07. The standard InChI is InChI=1S/C8H11BrN2O3/c1-8(2)6(12)10(3-5-4-14-5)7(13)11(8)9/h5H,3-4H2,1-2H3. The fraction of sp³-hybridized carbons (Fsp3) is 0.750. The molecule has 2 heterocycles. The molecule has 2 rings (SSSR count). The lowest BCUT2D eigenvalue weighted by Gasteiger charge is -2.19. The van der Waals surface area contributed by atoms with Crippen LogP contribution in [0.5, 0.6) is 0 Å². The van der Waals surface area contributed by atoms with Gasteiger partial charge in [-0.25, -0.2) is 8.72 Å². The number of carbonyl (C=O) groups excluding carboxylic acids is 2. The van der Waals surface area contributed by atoms with Crippen LogP contribution in [0, 0.1) is 0 Å². The van der Waals surface area contributed by atoms with Gasteiger partial charge in [0, 0.05) is 0 Å². The Bertz CT molecular complexity index is 301. The third-order valence-corrected chi connectivity index (χ3v) is 3.64. The Balaban J connectivity index is 2.17. The normalized spacial score (nSPS) is 30.1. The van der Waals surface area contributed by atoms with Crippen LogP contribution in [0.2, 0.25) is 0 Å². The van der Waals surface area contributed by atoms with Gasteiger partial charge in [0.2, 0.25) is 0 Å². The van der Waals surface area contributed by atoms with Gasteiger partial charge in [0.25, 0.3) is 5.91 Å². The number of nitrogens with zero attached hydrogens (tertiary/aromatic N) is 2. The Morgan fingerprint density at radius 1 is 1.57 bits per heavy atom. The summed E-state index contributed by atoms with van der Waals surface area (Å²) in [5, 5.41) is 0. The number of amides is 3. The Labute approximate surface area is 90.3 Å². The van der Waals surface area contributed by atoms with Gasteiger partial charge in [0.1, 0.15) is 5.54 Å². The van der Waals surface area contributed by atoms with Crippen molar-refractivity contribution in [3.8, 4) is 0 Å². The second-order valence-corrected chi connectivity index (χ2v) is 4.70. The average molecular weight is 263 g/mol. The van der Waals surface area contributed by atoms with Gasteiger partial charge in [-0.15, -0.1) is 0 Å². The first-order valence-corrected chi connectivity index (χ1v) is 5.09. The van der Waals surface area contributed by atoms with Gasteiger partial charge in [0.15, 0.2) is 0 Å². The maximum Gasteiger partial charge on any atom is 0.337 e. The first kappa shape index (κ1) is 9.92. The number of hydrogen-bond donors (Lipinski definition) is 0. The van der Waals surface area contributed by atoms with Crippen molar-refractivity contribution in [3.05, 3.63) is 0 Å². The second-order valence-electron chi connectivity index (χ2n) is 3.99. The molecule has 0 aliphatic carbocycles. The minimum Gasteiger partial charge on any atom is -0.371 e. The Morgan fingerprint density at radius 3 is 2.50 bits per heavy atom. The number of carbonyl (C=O) groups is 2. The van der Waals surface area contributed by atoms with Crippen molar-refractivity contribution in [1.82, 2.24) is 8.83 Å². The summed E-state index contributed by atoms with van der Waals surface area (Å²) >= 11 is 3.10. The fourth-order valence-electron chi connectivity index (χ4n) is 1.38. The molecule has 1 unspecified atom stereocenters. The molecular formula is C8H11BrN2O3. The molecule has 0 aromatic heterocycles. The quantitative estimate of drug-likeness (QED) is 0.419. The first-order valence-electron chi connectivity index (χ1n) is 4.38. The van der Waals surface area contributed by atoms with Crippen molar-refractivity contribution in [1.29, 1.82) is 0 Å². The molecule has 0 spiro atoms. The summed E-state index contributed by atoms with van der Waals surface area (Å²) in [6.45, 7) is 4.41. The predicted octanol–water partition coefficient (Wildman–Crippen LogP) is 0.738. The first-order chi connectivity index (χ1) is 6.44. The van der Waals surface area contributed by atoms with Crippen LogP contribution in [0.4, 0.5) is 4.79 Å². The van der Waals surface area contributed by atoms with Gasteiger partial charge in [0.05, 0.1) is 35.4 Å². The lowest BCUT2D eigenvalue weighted by atomic mass is 10.1.